The third kappa shape index (κ3) is 2.39. The summed E-state index contributed by atoms with van der Waals surface area (Å²) in [6, 6.07) is 4.22. The Morgan fingerprint density at radius 1 is 1.29 bits per heavy atom. The molecule has 0 radical (unpaired) electrons. The minimum Gasteiger partial charge on any atom is -0.340 e. The van der Waals surface area contributed by atoms with Crippen molar-refractivity contribution in [2.75, 3.05) is 6.54 Å². The van der Waals surface area contributed by atoms with Gasteiger partial charge in [-0.05, 0) is 68.4 Å². The lowest BCUT2D eigenvalue weighted by Gasteiger charge is -2.22. The largest absolute Gasteiger partial charge is 0.340 e. The number of nitrogens with zero attached hydrogens (tertiary/aromatic N) is 4. The molecule has 1 fully saturated rings. The Labute approximate surface area is 144 Å². The summed E-state index contributed by atoms with van der Waals surface area (Å²) in [5.41, 5.74) is 5.16. The third-order valence-corrected chi connectivity index (χ3v) is 5.61. The van der Waals surface area contributed by atoms with Gasteiger partial charge in [0.15, 0.2) is 0 Å². The monoisotopic (exact) mass is 341 g/mol. The Bertz CT molecular complexity index is 889. The number of aryl methyl sites for hydroxylation is 3. The van der Waals surface area contributed by atoms with Crippen LogP contribution in [-0.4, -0.2) is 36.9 Å². The number of aromatic amines is 1. The van der Waals surface area contributed by atoms with E-state index in [-0.39, 0.29) is 11.9 Å². The summed E-state index contributed by atoms with van der Waals surface area (Å²) in [4.78, 5) is 23.6. The van der Waals surface area contributed by atoms with E-state index < -0.39 is 0 Å². The van der Waals surface area contributed by atoms with Gasteiger partial charge in [-0.25, -0.2) is 4.98 Å². The average molecular weight is 341 g/mol. The molecule has 1 aromatic carbocycles. The van der Waals surface area contributed by atoms with Crippen molar-refractivity contribution in [2.24, 2.45) is 0 Å². The molecule has 4 rings (SSSR count). The van der Waals surface area contributed by atoms with E-state index in [4.69, 9.17) is 4.98 Å². The zero-order valence-electron chi connectivity index (χ0n) is 14.0. The summed E-state index contributed by atoms with van der Waals surface area (Å²) < 4.78 is 3.89. The highest BCUT2D eigenvalue weighted by Crippen LogP contribution is 2.33. The Morgan fingerprint density at radius 3 is 2.83 bits per heavy atom. The summed E-state index contributed by atoms with van der Waals surface area (Å²) in [7, 11) is 0. The van der Waals surface area contributed by atoms with Crippen molar-refractivity contribution >= 4 is 28.5 Å². The second-order valence-electron chi connectivity index (χ2n) is 6.42. The van der Waals surface area contributed by atoms with Crippen molar-refractivity contribution in [3.63, 3.8) is 0 Å². The zero-order valence-corrected chi connectivity index (χ0v) is 14.8. The predicted molar refractivity (Wildman–Crippen MR) is 93.2 cm³/mol. The fraction of sp³-hybridized carbons (Fsp3) is 0.412. The van der Waals surface area contributed by atoms with Crippen LogP contribution in [0.4, 0.5) is 0 Å². The van der Waals surface area contributed by atoms with E-state index in [1.807, 2.05) is 11.8 Å². The van der Waals surface area contributed by atoms with E-state index in [0.717, 1.165) is 36.2 Å². The molecule has 0 bridgehead atoms. The van der Waals surface area contributed by atoms with Crippen molar-refractivity contribution in [1.82, 2.24) is 24.5 Å². The van der Waals surface area contributed by atoms with Crippen LogP contribution in [0.2, 0.25) is 0 Å². The molecule has 1 aliphatic heterocycles. The van der Waals surface area contributed by atoms with E-state index in [2.05, 4.69) is 40.6 Å². The van der Waals surface area contributed by atoms with Gasteiger partial charge in [0, 0.05) is 6.54 Å². The number of hydrogen-bond acceptors (Lipinski definition) is 5. The third-order valence-electron chi connectivity index (χ3n) is 4.79. The molecule has 3 heterocycles. The number of rotatable bonds is 2. The van der Waals surface area contributed by atoms with Crippen LogP contribution in [0.1, 0.15) is 51.2 Å². The van der Waals surface area contributed by atoms with Crippen molar-refractivity contribution < 1.29 is 4.79 Å². The second-order valence-corrected chi connectivity index (χ2v) is 7.17. The number of benzene rings is 1. The lowest BCUT2D eigenvalue weighted by molar-refractivity contribution is 0.0734. The number of carbonyl (C=O) groups excluding carboxylic acids is 1. The molecule has 3 aromatic rings. The molecular weight excluding hydrogens is 322 g/mol. The van der Waals surface area contributed by atoms with Crippen LogP contribution in [0.5, 0.6) is 0 Å². The first-order valence-electron chi connectivity index (χ1n) is 8.11. The molecular formula is C17H19N5OS. The number of fused-ring (bicyclic) bond motifs is 1. The maximum Gasteiger partial charge on any atom is 0.268 e. The number of aromatic nitrogens is 4. The summed E-state index contributed by atoms with van der Waals surface area (Å²) >= 11 is 1.17. The van der Waals surface area contributed by atoms with Crippen LogP contribution in [0, 0.1) is 20.8 Å². The molecule has 124 valence electrons. The van der Waals surface area contributed by atoms with Gasteiger partial charge in [-0.15, -0.1) is 5.10 Å². The minimum absolute atomic E-state index is 0.00740. The van der Waals surface area contributed by atoms with Crippen molar-refractivity contribution in [1.29, 1.82) is 0 Å². The highest BCUT2D eigenvalue weighted by atomic mass is 32.1. The summed E-state index contributed by atoms with van der Waals surface area (Å²) in [5.74, 6) is 0.883. The van der Waals surface area contributed by atoms with Crippen LogP contribution in [0.3, 0.4) is 0 Å². The number of imidazole rings is 1. The number of H-pyrrole nitrogens is 1. The van der Waals surface area contributed by atoms with Gasteiger partial charge in [0.2, 0.25) is 0 Å². The first kappa shape index (κ1) is 15.3. The maximum absolute atomic E-state index is 12.9. The Kier molecular flexibility index (Phi) is 3.60. The molecule has 1 unspecified atom stereocenters. The van der Waals surface area contributed by atoms with Gasteiger partial charge in [0.1, 0.15) is 10.7 Å². The molecule has 1 saturated heterocycles. The van der Waals surface area contributed by atoms with E-state index in [1.54, 1.807) is 0 Å². The first-order chi connectivity index (χ1) is 11.5. The quantitative estimate of drug-likeness (QED) is 0.776. The SMILES string of the molecule is Cc1cc2nc(C3CCCN3C(=O)c3snnc3C)[nH]c2cc1C. The molecule has 1 aliphatic rings. The Hall–Kier alpha value is -2.28. The van der Waals surface area contributed by atoms with Gasteiger partial charge in [0.25, 0.3) is 5.91 Å². The normalized spacial score (nSPS) is 17.8. The van der Waals surface area contributed by atoms with E-state index in [0.29, 0.717) is 10.6 Å². The fourth-order valence-corrected chi connectivity index (χ4v) is 3.91. The van der Waals surface area contributed by atoms with Gasteiger partial charge in [-0.2, -0.15) is 0 Å². The van der Waals surface area contributed by atoms with E-state index in [9.17, 15) is 4.79 Å². The topological polar surface area (TPSA) is 74.8 Å². The molecule has 1 amide bonds. The first-order valence-corrected chi connectivity index (χ1v) is 8.88. The van der Waals surface area contributed by atoms with Gasteiger partial charge in [-0.1, -0.05) is 4.49 Å². The standard InChI is InChI=1S/C17H19N5OS/c1-9-7-12-13(8-10(9)2)19-16(18-12)14-5-4-6-22(14)17(23)15-11(3)20-21-24-15/h7-8,14H,4-6H2,1-3H3,(H,18,19). The molecule has 24 heavy (non-hydrogen) atoms. The predicted octanol–water partition coefficient (Wildman–Crippen LogP) is 3.32. The maximum atomic E-state index is 12.9. The molecule has 0 spiro atoms. The lowest BCUT2D eigenvalue weighted by Crippen LogP contribution is -2.31. The number of amides is 1. The van der Waals surface area contributed by atoms with Crippen molar-refractivity contribution in [3.05, 3.63) is 39.7 Å². The molecule has 1 N–H and O–H groups in total. The average Bonchev–Trinajstić information content (AvgIpc) is 3.25. The van der Waals surface area contributed by atoms with E-state index in [1.165, 1.54) is 22.7 Å². The smallest absolute Gasteiger partial charge is 0.268 e. The van der Waals surface area contributed by atoms with Crippen LogP contribution < -0.4 is 0 Å². The number of likely N-dealkylation sites (tertiary alicyclic amines) is 1. The van der Waals surface area contributed by atoms with Crippen molar-refractivity contribution in [3.8, 4) is 0 Å². The summed E-state index contributed by atoms with van der Waals surface area (Å²) in [6.07, 6.45) is 1.91. The van der Waals surface area contributed by atoms with Gasteiger partial charge < -0.3 is 9.88 Å². The zero-order chi connectivity index (χ0) is 16.8. The van der Waals surface area contributed by atoms with Crippen molar-refractivity contribution in [2.45, 2.75) is 39.7 Å². The second kappa shape index (κ2) is 5.66. The molecule has 2 aromatic heterocycles. The van der Waals surface area contributed by atoms with E-state index >= 15 is 0 Å². The molecule has 7 heteroatoms. The highest BCUT2D eigenvalue weighted by molar-refractivity contribution is 7.07. The highest BCUT2D eigenvalue weighted by Gasteiger charge is 2.34. The van der Waals surface area contributed by atoms with Crippen LogP contribution >= 0.6 is 11.5 Å². The molecule has 0 aliphatic carbocycles. The molecule has 0 saturated carbocycles. The summed E-state index contributed by atoms with van der Waals surface area (Å²) in [6.45, 7) is 6.76. The Morgan fingerprint density at radius 2 is 2.08 bits per heavy atom. The number of nitrogens with one attached hydrogen (secondary N) is 1. The van der Waals surface area contributed by atoms with Crippen LogP contribution in [0.15, 0.2) is 12.1 Å². The van der Waals surface area contributed by atoms with Gasteiger partial charge in [-0.3, -0.25) is 4.79 Å². The lowest BCUT2D eigenvalue weighted by atomic mass is 10.1. The van der Waals surface area contributed by atoms with Gasteiger partial charge >= 0.3 is 0 Å². The molecule has 1 atom stereocenters. The summed E-state index contributed by atoms with van der Waals surface area (Å²) in [5, 5.41) is 3.96. The molecule has 6 nitrogen and oxygen atoms in total. The van der Waals surface area contributed by atoms with Crippen LogP contribution in [0.25, 0.3) is 11.0 Å². The van der Waals surface area contributed by atoms with Crippen LogP contribution in [-0.2, 0) is 0 Å². The Balaban J connectivity index is 1.70. The van der Waals surface area contributed by atoms with Gasteiger partial charge in [0.05, 0.1) is 22.8 Å². The minimum atomic E-state index is -0.00740. The number of carbonyl (C=O) groups is 1. The number of hydrogen-bond donors (Lipinski definition) is 1. The fourth-order valence-electron chi connectivity index (χ4n) is 3.30.